The number of sulfonamides is 1. The lowest BCUT2D eigenvalue weighted by molar-refractivity contribution is -0.119. The predicted octanol–water partition coefficient (Wildman–Crippen LogP) is 4.84. The van der Waals surface area contributed by atoms with Gasteiger partial charge in [-0.05, 0) is 79.9 Å². The summed E-state index contributed by atoms with van der Waals surface area (Å²) < 4.78 is 39.3. The van der Waals surface area contributed by atoms with E-state index in [9.17, 15) is 13.2 Å². The third-order valence-electron chi connectivity index (χ3n) is 5.55. The molecule has 0 fully saturated rings. The summed E-state index contributed by atoms with van der Waals surface area (Å²) >= 11 is 0. The molecule has 3 aromatic carbocycles. The van der Waals surface area contributed by atoms with Crippen molar-refractivity contribution in [3.05, 3.63) is 83.4 Å². The molecule has 0 saturated heterocycles. The molecule has 0 spiro atoms. The van der Waals surface area contributed by atoms with Gasteiger partial charge in [0.2, 0.25) is 0 Å². The van der Waals surface area contributed by atoms with Crippen LogP contribution in [-0.2, 0) is 14.8 Å². The van der Waals surface area contributed by atoms with Crippen LogP contribution >= 0.6 is 0 Å². The standard InChI is InChI=1S/C28H33N3O5S/c1-5-6-17-36-24-12-10-23(11-13-24)19-29-30-28(32)20-31(26-18-22(3)9-16-27(26)35-4)37(33,34)25-14-7-21(2)8-15-25/h7-16,18-19H,5-6,17,20H2,1-4H3,(H,30,32)/b29-19-. The highest BCUT2D eigenvalue weighted by Crippen LogP contribution is 2.33. The van der Waals surface area contributed by atoms with E-state index < -0.39 is 22.5 Å². The maximum Gasteiger partial charge on any atom is 0.264 e. The fourth-order valence-electron chi connectivity index (χ4n) is 3.46. The molecule has 9 heteroatoms. The second-order valence-electron chi connectivity index (χ2n) is 8.56. The first-order valence-electron chi connectivity index (χ1n) is 12.0. The zero-order valence-electron chi connectivity index (χ0n) is 21.6. The van der Waals surface area contributed by atoms with Crippen molar-refractivity contribution in [1.29, 1.82) is 0 Å². The van der Waals surface area contributed by atoms with Crippen molar-refractivity contribution in [3.8, 4) is 11.5 Å². The Morgan fingerprint density at radius 3 is 2.32 bits per heavy atom. The molecule has 3 aromatic rings. The molecule has 0 aromatic heterocycles. The number of benzene rings is 3. The number of hydrazone groups is 1. The highest BCUT2D eigenvalue weighted by Gasteiger charge is 2.29. The van der Waals surface area contributed by atoms with Gasteiger partial charge in [-0.2, -0.15) is 5.10 Å². The molecule has 37 heavy (non-hydrogen) atoms. The van der Waals surface area contributed by atoms with Gasteiger partial charge in [0, 0.05) is 0 Å². The van der Waals surface area contributed by atoms with Crippen LogP contribution in [0, 0.1) is 13.8 Å². The number of carbonyl (C=O) groups excluding carboxylic acids is 1. The molecular weight excluding hydrogens is 490 g/mol. The number of amides is 1. The van der Waals surface area contributed by atoms with Crippen molar-refractivity contribution < 1.29 is 22.7 Å². The molecule has 0 aliphatic heterocycles. The van der Waals surface area contributed by atoms with Crippen LogP contribution in [0.5, 0.6) is 11.5 Å². The summed E-state index contributed by atoms with van der Waals surface area (Å²) in [5.41, 5.74) is 5.19. The Balaban J connectivity index is 1.79. The van der Waals surface area contributed by atoms with Gasteiger partial charge in [0.05, 0.1) is 30.5 Å². The number of unbranched alkanes of at least 4 members (excludes halogenated alkanes) is 1. The van der Waals surface area contributed by atoms with Crippen LogP contribution in [0.15, 0.2) is 76.7 Å². The van der Waals surface area contributed by atoms with Crippen molar-refractivity contribution in [2.45, 2.75) is 38.5 Å². The Morgan fingerprint density at radius 1 is 1.00 bits per heavy atom. The fourth-order valence-corrected chi connectivity index (χ4v) is 4.88. The summed E-state index contributed by atoms with van der Waals surface area (Å²) in [6.45, 7) is 5.98. The molecule has 1 N–H and O–H groups in total. The molecule has 1 amide bonds. The molecular formula is C28H33N3O5S. The molecule has 0 atom stereocenters. The second kappa shape index (κ2) is 12.9. The van der Waals surface area contributed by atoms with Crippen molar-refractivity contribution in [3.63, 3.8) is 0 Å². The number of nitrogens with one attached hydrogen (secondary N) is 1. The number of rotatable bonds is 12. The van der Waals surface area contributed by atoms with Crippen LogP contribution in [0.3, 0.4) is 0 Å². The molecule has 0 bridgehead atoms. The van der Waals surface area contributed by atoms with Crippen molar-refractivity contribution in [2.24, 2.45) is 5.10 Å². The molecule has 3 rings (SSSR count). The topological polar surface area (TPSA) is 97.3 Å². The summed E-state index contributed by atoms with van der Waals surface area (Å²) in [6.07, 6.45) is 3.53. The third-order valence-corrected chi connectivity index (χ3v) is 7.32. The molecule has 8 nitrogen and oxygen atoms in total. The summed E-state index contributed by atoms with van der Waals surface area (Å²) in [5.74, 6) is 0.493. The van der Waals surface area contributed by atoms with Gasteiger partial charge in [0.1, 0.15) is 18.0 Å². The maximum atomic E-state index is 13.6. The Hall–Kier alpha value is -3.85. The predicted molar refractivity (Wildman–Crippen MR) is 146 cm³/mol. The van der Waals surface area contributed by atoms with Gasteiger partial charge in [-0.25, -0.2) is 13.8 Å². The number of ether oxygens (including phenoxy) is 2. The molecule has 0 heterocycles. The van der Waals surface area contributed by atoms with E-state index in [1.165, 1.54) is 25.5 Å². The first-order valence-corrected chi connectivity index (χ1v) is 13.5. The van der Waals surface area contributed by atoms with Crippen molar-refractivity contribution in [1.82, 2.24) is 5.43 Å². The number of carbonyl (C=O) groups is 1. The van der Waals surface area contributed by atoms with Crippen LogP contribution in [0.25, 0.3) is 0 Å². The van der Waals surface area contributed by atoms with Gasteiger partial charge in [-0.3, -0.25) is 9.10 Å². The Kier molecular flexibility index (Phi) is 9.68. The number of aryl methyl sites for hydroxylation is 2. The summed E-state index contributed by atoms with van der Waals surface area (Å²) in [5, 5.41) is 4.00. The number of hydrogen-bond donors (Lipinski definition) is 1. The second-order valence-corrected chi connectivity index (χ2v) is 10.4. The van der Waals surface area contributed by atoms with Crippen LogP contribution < -0.4 is 19.2 Å². The number of nitrogens with zero attached hydrogens (tertiary/aromatic N) is 2. The first-order chi connectivity index (χ1) is 17.7. The maximum absolute atomic E-state index is 13.6. The molecule has 0 aliphatic carbocycles. The van der Waals surface area contributed by atoms with E-state index in [2.05, 4.69) is 17.5 Å². The number of methoxy groups -OCH3 is 1. The summed E-state index contributed by atoms with van der Waals surface area (Å²) in [7, 11) is -2.63. The van der Waals surface area contributed by atoms with E-state index in [4.69, 9.17) is 9.47 Å². The SMILES string of the molecule is CCCCOc1ccc(/C=N\NC(=O)CN(c2cc(C)ccc2OC)S(=O)(=O)c2ccc(C)cc2)cc1. The van der Waals surface area contributed by atoms with Gasteiger partial charge in [0.15, 0.2) is 0 Å². The average Bonchev–Trinajstić information content (AvgIpc) is 2.88. The van der Waals surface area contributed by atoms with Crippen LogP contribution in [0.4, 0.5) is 5.69 Å². The molecule has 0 radical (unpaired) electrons. The highest BCUT2D eigenvalue weighted by atomic mass is 32.2. The lowest BCUT2D eigenvalue weighted by atomic mass is 10.2. The zero-order valence-corrected chi connectivity index (χ0v) is 22.4. The molecule has 0 aliphatic rings. The largest absolute Gasteiger partial charge is 0.495 e. The van der Waals surface area contributed by atoms with E-state index in [0.717, 1.165) is 39.6 Å². The van der Waals surface area contributed by atoms with Crippen molar-refractivity contribution in [2.75, 3.05) is 24.6 Å². The van der Waals surface area contributed by atoms with Gasteiger partial charge in [0.25, 0.3) is 15.9 Å². The van der Waals surface area contributed by atoms with Crippen LogP contribution in [0.2, 0.25) is 0 Å². The summed E-state index contributed by atoms with van der Waals surface area (Å²) in [4.78, 5) is 12.9. The monoisotopic (exact) mass is 523 g/mol. The highest BCUT2D eigenvalue weighted by molar-refractivity contribution is 7.92. The van der Waals surface area contributed by atoms with Crippen LogP contribution in [0.1, 0.15) is 36.5 Å². The minimum atomic E-state index is -4.08. The quantitative estimate of drug-likeness (QED) is 0.208. The van der Waals surface area contributed by atoms with E-state index in [1.54, 1.807) is 24.3 Å². The van der Waals surface area contributed by atoms with Crippen molar-refractivity contribution >= 4 is 27.8 Å². The van der Waals surface area contributed by atoms with Crippen LogP contribution in [-0.4, -0.2) is 40.8 Å². The van der Waals surface area contributed by atoms with E-state index in [0.29, 0.717) is 12.4 Å². The fraction of sp³-hybridized carbons (Fsp3) is 0.286. The molecule has 0 unspecified atom stereocenters. The van der Waals surface area contributed by atoms with Gasteiger partial charge in [-0.1, -0.05) is 37.1 Å². The third kappa shape index (κ3) is 7.57. The molecule has 0 saturated carbocycles. The Morgan fingerprint density at radius 2 is 1.68 bits per heavy atom. The Labute approximate surface area is 219 Å². The lowest BCUT2D eigenvalue weighted by Gasteiger charge is -2.25. The normalized spacial score (nSPS) is 11.4. The van der Waals surface area contributed by atoms with E-state index in [-0.39, 0.29) is 10.6 Å². The average molecular weight is 524 g/mol. The molecule has 196 valence electrons. The zero-order chi connectivity index (χ0) is 26.8. The lowest BCUT2D eigenvalue weighted by Crippen LogP contribution is -2.39. The van der Waals surface area contributed by atoms with Gasteiger partial charge < -0.3 is 9.47 Å². The number of anilines is 1. The smallest absolute Gasteiger partial charge is 0.264 e. The Bertz CT molecular complexity index is 1320. The summed E-state index contributed by atoms with van der Waals surface area (Å²) in [6, 6.07) is 18.9. The van der Waals surface area contributed by atoms with Gasteiger partial charge >= 0.3 is 0 Å². The minimum Gasteiger partial charge on any atom is -0.495 e. The minimum absolute atomic E-state index is 0.0687. The first kappa shape index (κ1) is 27.7. The number of hydrogen-bond acceptors (Lipinski definition) is 6. The van der Waals surface area contributed by atoms with E-state index in [1.807, 2.05) is 44.2 Å². The van der Waals surface area contributed by atoms with Gasteiger partial charge in [-0.15, -0.1) is 0 Å². The van der Waals surface area contributed by atoms with E-state index >= 15 is 0 Å².